The van der Waals surface area contributed by atoms with Crippen LogP contribution in [0.5, 0.6) is 0 Å². The molecule has 3 amide bonds. The van der Waals surface area contributed by atoms with E-state index in [1.807, 2.05) is 0 Å². The Morgan fingerprint density at radius 2 is 1.89 bits per heavy atom. The van der Waals surface area contributed by atoms with Crippen LogP contribution < -0.4 is 16.0 Å². The molecule has 1 rings (SSSR count). The first-order valence-electron chi connectivity index (χ1n) is 7.07. The SMILES string of the molecule is CCCCNC(=O)NC(=O)CN1CC(C)NC(C)C1. The first-order chi connectivity index (χ1) is 9.01. The molecule has 0 aromatic rings. The zero-order valence-corrected chi connectivity index (χ0v) is 12.2. The molecule has 0 spiro atoms. The van der Waals surface area contributed by atoms with Gasteiger partial charge in [-0.05, 0) is 20.3 Å². The molecule has 0 bridgehead atoms. The molecular formula is C13H26N4O2. The summed E-state index contributed by atoms with van der Waals surface area (Å²) in [4.78, 5) is 25.2. The van der Waals surface area contributed by atoms with Crippen molar-refractivity contribution >= 4 is 11.9 Å². The Bertz CT molecular complexity index is 299. The van der Waals surface area contributed by atoms with Crippen LogP contribution in [0.15, 0.2) is 0 Å². The van der Waals surface area contributed by atoms with Crippen molar-refractivity contribution in [2.45, 2.75) is 45.7 Å². The molecule has 1 fully saturated rings. The largest absolute Gasteiger partial charge is 0.338 e. The molecule has 1 aliphatic heterocycles. The van der Waals surface area contributed by atoms with Crippen molar-refractivity contribution < 1.29 is 9.59 Å². The van der Waals surface area contributed by atoms with E-state index in [2.05, 4.69) is 41.6 Å². The van der Waals surface area contributed by atoms with Gasteiger partial charge in [-0.2, -0.15) is 0 Å². The minimum absolute atomic E-state index is 0.240. The summed E-state index contributed by atoms with van der Waals surface area (Å²) in [5.74, 6) is -0.240. The lowest BCUT2D eigenvalue weighted by Crippen LogP contribution is -2.56. The predicted molar refractivity (Wildman–Crippen MR) is 74.9 cm³/mol. The Labute approximate surface area is 115 Å². The number of hydrogen-bond acceptors (Lipinski definition) is 4. The van der Waals surface area contributed by atoms with Crippen molar-refractivity contribution in [3.63, 3.8) is 0 Å². The molecule has 1 saturated heterocycles. The fourth-order valence-corrected chi connectivity index (χ4v) is 2.36. The van der Waals surface area contributed by atoms with E-state index in [0.29, 0.717) is 18.6 Å². The van der Waals surface area contributed by atoms with Crippen molar-refractivity contribution in [1.82, 2.24) is 20.9 Å². The minimum atomic E-state index is -0.394. The Hall–Kier alpha value is -1.14. The van der Waals surface area contributed by atoms with E-state index in [1.165, 1.54) is 0 Å². The molecule has 110 valence electrons. The number of rotatable bonds is 5. The normalized spacial score (nSPS) is 23.9. The van der Waals surface area contributed by atoms with Crippen LogP contribution in [-0.4, -0.2) is 55.1 Å². The third-order valence-electron chi connectivity index (χ3n) is 3.07. The summed E-state index contributed by atoms with van der Waals surface area (Å²) >= 11 is 0. The van der Waals surface area contributed by atoms with Crippen LogP contribution >= 0.6 is 0 Å². The summed E-state index contributed by atoms with van der Waals surface area (Å²) in [6.07, 6.45) is 1.94. The number of carbonyl (C=O) groups excluding carboxylic acids is 2. The van der Waals surface area contributed by atoms with Crippen LogP contribution in [0.1, 0.15) is 33.6 Å². The van der Waals surface area contributed by atoms with Crippen molar-refractivity contribution in [2.75, 3.05) is 26.2 Å². The van der Waals surface area contributed by atoms with E-state index < -0.39 is 6.03 Å². The van der Waals surface area contributed by atoms with Crippen LogP contribution in [0.4, 0.5) is 4.79 Å². The standard InChI is InChI=1S/C13H26N4O2/c1-4-5-6-14-13(19)16-12(18)9-17-7-10(2)15-11(3)8-17/h10-11,15H,4-9H2,1-3H3,(H2,14,16,18,19). The molecule has 2 unspecified atom stereocenters. The van der Waals surface area contributed by atoms with E-state index in [4.69, 9.17) is 0 Å². The summed E-state index contributed by atoms with van der Waals surface area (Å²) in [6.45, 7) is 8.78. The van der Waals surface area contributed by atoms with Gasteiger partial charge >= 0.3 is 6.03 Å². The molecule has 2 atom stereocenters. The highest BCUT2D eigenvalue weighted by Crippen LogP contribution is 2.03. The van der Waals surface area contributed by atoms with Crippen LogP contribution in [0.25, 0.3) is 0 Å². The Morgan fingerprint density at radius 3 is 2.47 bits per heavy atom. The van der Waals surface area contributed by atoms with Gasteiger partial charge < -0.3 is 10.6 Å². The fraction of sp³-hybridized carbons (Fsp3) is 0.846. The average molecular weight is 270 g/mol. The average Bonchev–Trinajstić information content (AvgIpc) is 2.27. The number of urea groups is 1. The molecular weight excluding hydrogens is 244 g/mol. The highest BCUT2D eigenvalue weighted by atomic mass is 16.2. The molecule has 19 heavy (non-hydrogen) atoms. The van der Waals surface area contributed by atoms with Crippen molar-refractivity contribution in [3.8, 4) is 0 Å². The van der Waals surface area contributed by atoms with Crippen LogP contribution in [0.2, 0.25) is 0 Å². The molecule has 0 radical (unpaired) electrons. The molecule has 6 nitrogen and oxygen atoms in total. The van der Waals surface area contributed by atoms with Gasteiger partial charge in [0.15, 0.2) is 0 Å². The lowest BCUT2D eigenvalue weighted by atomic mass is 10.1. The second-order valence-electron chi connectivity index (χ2n) is 5.32. The Morgan fingerprint density at radius 1 is 1.26 bits per heavy atom. The zero-order valence-electron chi connectivity index (χ0n) is 12.2. The number of nitrogens with zero attached hydrogens (tertiary/aromatic N) is 1. The van der Waals surface area contributed by atoms with Gasteiger partial charge in [-0.25, -0.2) is 4.79 Å². The summed E-state index contributed by atoms with van der Waals surface area (Å²) in [5, 5.41) is 8.44. The number of carbonyl (C=O) groups is 2. The maximum Gasteiger partial charge on any atom is 0.321 e. The quantitative estimate of drug-likeness (QED) is 0.628. The number of hydrogen-bond donors (Lipinski definition) is 3. The van der Waals surface area contributed by atoms with Gasteiger partial charge in [0.25, 0.3) is 0 Å². The van der Waals surface area contributed by atoms with Crippen LogP contribution in [-0.2, 0) is 4.79 Å². The number of nitrogens with one attached hydrogen (secondary N) is 3. The van der Waals surface area contributed by atoms with Gasteiger partial charge in [-0.3, -0.25) is 15.0 Å². The fourth-order valence-electron chi connectivity index (χ4n) is 2.36. The van der Waals surface area contributed by atoms with Gasteiger partial charge in [0.2, 0.25) is 5.91 Å². The van der Waals surface area contributed by atoms with Gasteiger partial charge in [0, 0.05) is 31.7 Å². The van der Waals surface area contributed by atoms with Crippen molar-refractivity contribution in [1.29, 1.82) is 0 Å². The summed E-state index contributed by atoms with van der Waals surface area (Å²) < 4.78 is 0. The Kier molecular flexibility index (Phi) is 6.80. The second kappa shape index (κ2) is 8.12. The van der Waals surface area contributed by atoms with E-state index in [-0.39, 0.29) is 12.5 Å². The van der Waals surface area contributed by atoms with E-state index in [1.54, 1.807) is 0 Å². The van der Waals surface area contributed by atoms with E-state index in [9.17, 15) is 9.59 Å². The van der Waals surface area contributed by atoms with E-state index >= 15 is 0 Å². The van der Waals surface area contributed by atoms with Crippen molar-refractivity contribution in [3.05, 3.63) is 0 Å². The predicted octanol–water partition coefficient (Wildman–Crippen LogP) is 0.295. The van der Waals surface area contributed by atoms with Gasteiger partial charge in [0.05, 0.1) is 6.54 Å². The highest BCUT2D eigenvalue weighted by Gasteiger charge is 2.22. The van der Waals surface area contributed by atoms with Gasteiger partial charge in [0.1, 0.15) is 0 Å². The zero-order chi connectivity index (χ0) is 14.3. The van der Waals surface area contributed by atoms with Gasteiger partial charge in [-0.1, -0.05) is 13.3 Å². The summed E-state index contributed by atoms with van der Waals surface area (Å²) in [6, 6.07) is 0.347. The summed E-state index contributed by atoms with van der Waals surface area (Å²) in [7, 11) is 0. The molecule has 6 heteroatoms. The van der Waals surface area contributed by atoms with Gasteiger partial charge in [-0.15, -0.1) is 0 Å². The highest BCUT2D eigenvalue weighted by molar-refractivity contribution is 5.95. The number of piperazine rings is 1. The number of unbranched alkanes of at least 4 members (excludes halogenated alkanes) is 1. The second-order valence-corrected chi connectivity index (χ2v) is 5.32. The topological polar surface area (TPSA) is 73.5 Å². The molecule has 0 saturated carbocycles. The summed E-state index contributed by atoms with van der Waals surface area (Å²) in [5.41, 5.74) is 0. The number of amides is 3. The lowest BCUT2D eigenvalue weighted by Gasteiger charge is -2.35. The maximum atomic E-state index is 11.7. The first-order valence-corrected chi connectivity index (χ1v) is 7.07. The molecule has 0 aliphatic carbocycles. The molecule has 1 heterocycles. The van der Waals surface area contributed by atoms with Crippen molar-refractivity contribution in [2.24, 2.45) is 0 Å². The Balaban J connectivity index is 2.24. The molecule has 0 aromatic heterocycles. The maximum absolute atomic E-state index is 11.7. The van der Waals surface area contributed by atoms with Crippen LogP contribution in [0, 0.1) is 0 Å². The third kappa shape index (κ3) is 6.54. The minimum Gasteiger partial charge on any atom is -0.338 e. The third-order valence-corrected chi connectivity index (χ3v) is 3.07. The molecule has 3 N–H and O–H groups in total. The molecule has 0 aromatic carbocycles. The number of imide groups is 1. The smallest absolute Gasteiger partial charge is 0.321 e. The molecule has 1 aliphatic rings. The van der Waals surface area contributed by atoms with E-state index in [0.717, 1.165) is 25.9 Å². The first kappa shape index (κ1) is 15.9. The lowest BCUT2D eigenvalue weighted by molar-refractivity contribution is -0.121. The monoisotopic (exact) mass is 270 g/mol. The van der Waals surface area contributed by atoms with Crippen LogP contribution in [0.3, 0.4) is 0 Å².